The summed E-state index contributed by atoms with van der Waals surface area (Å²) >= 11 is 0. The summed E-state index contributed by atoms with van der Waals surface area (Å²) in [4.78, 5) is 19.4. The van der Waals surface area contributed by atoms with Crippen LogP contribution in [0.5, 0.6) is 0 Å². The van der Waals surface area contributed by atoms with Gasteiger partial charge in [0.1, 0.15) is 0 Å². The fourth-order valence-electron chi connectivity index (χ4n) is 0.236. The lowest BCUT2D eigenvalue weighted by molar-refractivity contribution is -0.302. The van der Waals surface area contributed by atoms with Crippen molar-refractivity contribution in [1.29, 1.82) is 0 Å². The molecule has 0 amide bonds. The van der Waals surface area contributed by atoms with E-state index in [0.717, 1.165) is 6.92 Å². The summed E-state index contributed by atoms with van der Waals surface area (Å²) in [5, 5.41) is 19.4. The van der Waals surface area contributed by atoms with Crippen molar-refractivity contribution in [1.82, 2.24) is 12.3 Å². The van der Waals surface area contributed by atoms with E-state index < -0.39 is 11.9 Å². The number of carboxylic acid groups (broad SMARTS) is 2. The highest BCUT2D eigenvalue weighted by Crippen LogP contribution is 1.86. The lowest BCUT2D eigenvalue weighted by Crippen LogP contribution is -2.26. The second-order valence-corrected chi connectivity index (χ2v) is 1.43. The minimum Gasteiger partial charge on any atom is -0.545 e. The van der Waals surface area contributed by atoms with E-state index in [1.807, 2.05) is 0 Å². The van der Waals surface area contributed by atoms with Gasteiger partial charge in [-0.3, -0.25) is 0 Å². The van der Waals surface area contributed by atoms with Gasteiger partial charge in [0.25, 0.3) is 0 Å². The van der Waals surface area contributed by atoms with Crippen LogP contribution in [0.25, 0.3) is 0 Å². The number of carbonyl (C=O) groups is 2. The number of hydrogen-bond acceptors (Lipinski definition) is 4. The molecule has 0 saturated carbocycles. The standard InChI is InChI=1S/C5H6O4.2H3N/c1-3(5(8)9)2-4(6)7;;/h2H,1H3,(H,6,7)(H,8,9);2*1H3/b3-2+;;. The minimum atomic E-state index is -1.53. The molecule has 0 unspecified atom stereocenters. The number of rotatable bonds is 2. The molecule has 0 radical (unpaired) electrons. The van der Waals surface area contributed by atoms with Crippen LogP contribution in [-0.2, 0) is 9.59 Å². The molecule has 6 heteroatoms. The predicted molar refractivity (Wildman–Crippen MR) is 35.7 cm³/mol. The smallest absolute Gasteiger partial charge is 0.0672 e. The van der Waals surface area contributed by atoms with Gasteiger partial charge in [-0.15, -0.1) is 0 Å². The van der Waals surface area contributed by atoms with Crippen LogP contribution in [0.15, 0.2) is 11.6 Å². The van der Waals surface area contributed by atoms with E-state index in [4.69, 9.17) is 0 Å². The molecule has 0 aliphatic rings. The maximum absolute atomic E-state index is 9.76. The molecule has 0 saturated heterocycles. The Balaban J connectivity index is -0.000000320. The van der Waals surface area contributed by atoms with Crippen molar-refractivity contribution < 1.29 is 19.8 Å². The van der Waals surface area contributed by atoms with Gasteiger partial charge in [-0.2, -0.15) is 0 Å². The molecule has 0 heterocycles. The van der Waals surface area contributed by atoms with Crippen molar-refractivity contribution in [2.75, 3.05) is 0 Å². The molecule has 0 aromatic rings. The van der Waals surface area contributed by atoms with Crippen LogP contribution in [0.1, 0.15) is 6.92 Å². The van der Waals surface area contributed by atoms with Crippen LogP contribution in [0.2, 0.25) is 0 Å². The van der Waals surface area contributed by atoms with E-state index >= 15 is 0 Å². The molecule has 0 spiro atoms. The van der Waals surface area contributed by atoms with Crippen molar-refractivity contribution >= 4 is 11.9 Å². The Morgan fingerprint density at radius 2 is 1.55 bits per heavy atom. The number of quaternary nitrogens is 2. The van der Waals surface area contributed by atoms with E-state index in [0.29, 0.717) is 6.08 Å². The van der Waals surface area contributed by atoms with E-state index in [1.54, 1.807) is 0 Å². The Morgan fingerprint density at radius 3 is 1.64 bits per heavy atom. The largest absolute Gasteiger partial charge is 0.545 e. The average Bonchev–Trinajstić information content (AvgIpc) is 1.63. The zero-order chi connectivity index (χ0) is 7.44. The Hall–Kier alpha value is -1.40. The molecule has 0 aliphatic heterocycles. The van der Waals surface area contributed by atoms with Crippen molar-refractivity contribution in [2.45, 2.75) is 6.92 Å². The number of carbonyl (C=O) groups excluding carboxylic acids is 2. The Morgan fingerprint density at radius 1 is 1.18 bits per heavy atom. The maximum Gasteiger partial charge on any atom is 0.0672 e. The third-order valence-electron chi connectivity index (χ3n) is 0.656. The molecule has 0 bridgehead atoms. The maximum atomic E-state index is 9.76. The van der Waals surface area contributed by atoms with Gasteiger partial charge >= 0.3 is 0 Å². The topological polar surface area (TPSA) is 153 Å². The zero-order valence-electron chi connectivity index (χ0n) is 6.71. The lowest BCUT2D eigenvalue weighted by atomic mass is 10.3. The molecular weight excluding hydrogens is 152 g/mol. The summed E-state index contributed by atoms with van der Waals surface area (Å²) in [6.45, 7) is 1.12. The summed E-state index contributed by atoms with van der Waals surface area (Å²) in [6, 6.07) is 0. The molecule has 8 N–H and O–H groups in total. The second kappa shape index (κ2) is 6.72. The van der Waals surface area contributed by atoms with Gasteiger partial charge in [-0.1, -0.05) is 0 Å². The summed E-state index contributed by atoms with van der Waals surface area (Å²) < 4.78 is 0. The number of carboxylic acids is 2. The van der Waals surface area contributed by atoms with Crippen LogP contribution in [-0.4, -0.2) is 11.9 Å². The van der Waals surface area contributed by atoms with Gasteiger partial charge in [0, 0.05) is 0 Å². The Labute approximate surface area is 63.7 Å². The zero-order valence-corrected chi connectivity index (χ0v) is 6.71. The highest BCUT2D eigenvalue weighted by molar-refractivity contribution is 5.92. The van der Waals surface area contributed by atoms with Crippen LogP contribution >= 0.6 is 0 Å². The molecule has 0 atom stereocenters. The lowest BCUT2D eigenvalue weighted by Gasteiger charge is -2.00. The first-order chi connectivity index (χ1) is 4.04. The third-order valence-corrected chi connectivity index (χ3v) is 0.656. The summed E-state index contributed by atoms with van der Waals surface area (Å²) in [5.74, 6) is -3.03. The Bertz CT molecular complexity index is 175. The van der Waals surface area contributed by atoms with Gasteiger partial charge in [0.2, 0.25) is 0 Å². The fraction of sp³-hybridized carbons (Fsp3) is 0.200. The summed E-state index contributed by atoms with van der Waals surface area (Å²) in [5.41, 5.74) is -0.352. The molecular formula is C5H12N2O4. The normalized spacial score (nSPS) is 9.00. The van der Waals surface area contributed by atoms with Crippen molar-refractivity contribution in [3.8, 4) is 0 Å². The van der Waals surface area contributed by atoms with Crippen LogP contribution < -0.4 is 22.5 Å². The van der Waals surface area contributed by atoms with Crippen molar-refractivity contribution in [2.24, 2.45) is 0 Å². The minimum absolute atomic E-state index is 0. The molecule has 66 valence electrons. The first-order valence-electron chi connectivity index (χ1n) is 2.14. The monoisotopic (exact) mass is 164 g/mol. The van der Waals surface area contributed by atoms with E-state index in [9.17, 15) is 19.8 Å². The van der Waals surface area contributed by atoms with E-state index in [2.05, 4.69) is 0 Å². The van der Waals surface area contributed by atoms with Gasteiger partial charge in [0.05, 0.1) is 11.9 Å². The molecule has 0 fully saturated rings. The highest BCUT2D eigenvalue weighted by atomic mass is 16.4. The SMILES string of the molecule is C/C(=C\C(=O)[O-])C(=O)[O-].[NH4+].[NH4+]. The molecule has 0 rings (SSSR count). The quantitative estimate of drug-likeness (QED) is 0.461. The van der Waals surface area contributed by atoms with Gasteiger partial charge in [-0.25, -0.2) is 0 Å². The van der Waals surface area contributed by atoms with Crippen LogP contribution in [0.4, 0.5) is 0 Å². The van der Waals surface area contributed by atoms with Crippen LogP contribution in [0, 0.1) is 0 Å². The predicted octanol–water partition coefficient (Wildman–Crippen LogP) is -1.82. The average molecular weight is 164 g/mol. The van der Waals surface area contributed by atoms with E-state index in [1.165, 1.54) is 0 Å². The first-order valence-corrected chi connectivity index (χ1v) is 2.14. The summed E-state index contributed by atoms with van der Waals surface area (Å²) in [6.07, 6.45) is 0.468. The van der Waals surface area contributed by atoms with Crippen molar-refractivity contribution in [3.63, 3.8) is 0 Å². The number of aliphatic carboxylic acids is 2. The van der Waals surface area contributed by atoms with Crippen LogP contribution in [0.3, 0.4) is 0 Å². The van der Waals surface area contributed by atoms with Crippen molar-refractivity contribution in [3.05, 3.63) is 11.6 Å². The molecule has 11 heavy (non-hydrogen) atoms. The molecule has 0 aliphatic carbocycles. The molecule has 6 nitrogen and oxygen atoms in total. The summed E-state index contributed by atoms with van der Waals surface area (Å²) in [7, 11) is 0. The second-order valence-electron chi connectivity index (χ2n) is 1.43. The van der Waals surface area contributed by atoms with Gasteiger partial charge in [-0.05, 0) is 18.6 Å². The van der Waals surface area contributed by atoms with Gasteiger partial charge in [0.15, 0.2) is 0 Å². The number of hydrogen-bond donors (Lipinski definition) is 2. The highest BCUT2D eigenvalue weighted by Gasteiger charge is 1.86. The van der Waals surface area contributed by atoms with E-state index in [-0.39, 0.29) is 17.9 Å². The Kier molecular flexibility index (Phi) is 9.95. The van der Waals surface area contributed by atoms with Gasteiger partial charge < -0.3 is 32.1 Å². The molecule has 0 aromatic heterocycles. The molecule has 0 aromatic carbocycles. The fourth-order valence-corrected chi connectivity index (χ4v) is 0.236. The third kappa shape index (κ3) is 8.60. The first kappa shape index (κ1) is 16.3.